The Labute approximate surface area is 355 Å². The zero-order valence-corrected chi connectivity index (χ0v) is 40.8. The third-order valence-corrected chi connectivity index (χ3v) is 8.02. The molecule has 0 fully saturated rings. The second-order valence-corrected chi connectivity index (χ2v) is 15.0. The maximum absolute atomic E-state index is 12.8. The van der Waals surface area contributed by atoms with Gasteiger partial charge in [-0.3, -0.25) is 30.0 Å². The Bertz CT molecular complexity index is 1580. The first-order chi connectivity index (χ1) is 24.0. The summed E-state index contributed by atoms with van der Waals surface area (Å²) in [5.41, 5.74) is -0.460. The van der Waals surface area contributed by atoms with Crippen LogP contribution in [0, 0.1) is 16.2 Å². The summed E-state index contributed by atoms with van der Waals surface area (Å²) < 4.78 is 0. The van der Waals surface area contributed by atoms with Gasteiger partial charge in [-0.2, -0.15) is 0 Å². The number of rotatable bonds is 0. The van der Waals surface area contributed by atoms with Gasteiger partial charge in [0.2, 0.25) is 0 Å². The number of benzene rings is 3. The Morgan fingerprint density at radius 3 is 0.574 bits per heavy atom. The fraction of sp³-hybridized carbons (Fsp3) is 0.385. The van der Waals surface area contributed by atoms with Crippen LogP contribution in [0.4, 0.5) is 0 Å². The van der Waals surface area contributed by atoms with E-state index in [4.69, 9.17) is 0 Å². The first-order valence-electron chi connectivity index (χ1n) is 16.5. The molecule has 0 saturated heterocycles. The summed E-state index contributed by atoms with van der Waals surface area (Å²) in [6.07, 6.45) is 8.20. The van der Waals surface area contributed by atoms with Crippen molar-refractivity contribution >= 4 is 37.3 Å². The van der Waals surface area contributed by atoms with Crippen molar-refractivity contribution in [2.24, 2.45) is 46.2 Å². The quantitative estimate of drug-likeness (QED) is 0.309. The summed E-state index contributed by atoms with van der Waals surface area (Å²) in [5.74, 6) is -4.16. The third-order valence-electron chi connectivity index (χ3n) is 8.02. The SMILES string of the molecule is CC1(C)CN=Cc2ccc(c([O-])c2[O-])C=NCC(C)(C)CN=Cc2ccc(c([O-])c2[O-])C=NCC(C)(C)CN=Cc2ccc(c([O-])c2[O-])C=NC1.[Zn+2].[Zn+2].[Zn+2]. The fourth-order valence-corrected chi connectivity index (χ4v) is 4.89. The van der Waals surface area contributed by atoms with Crippen molar-refractivity contribution in [3.8, 4) is 34.5 Å². The van der Waals surface area contributed by atoms with E-state index in [2.05, 4.69) is 30.0 Å². The first-order valence-corrected chi connectivity index (χ1v) is 16.5. The predicted molar refractivity (Wildman–Crippen MR) is 192 cm³/mol. The molecule has 4 aliphatic heterocycles. The van der Waals surface area contributed by atoms with Gasteiger partial charge in [-0.25, -0.2) is 0 Å². The van der Waals surface area contributed by atoms with Gasteiger partial charge in [0.1, 0.15) is 0 Å². The van der Waals surface area contributed by atoms with Crippen molar-refractivity contribution in [3.63, 3.8) is 0 Å². The van der Waals surface area contributed by atoms with Gasteiger partial charge in [0.25, 0.3) is 0 Å². The summed E-state index contributed by atoms with van der Waals surface area (Å²) in [6, 6.07) is 9.13. The van der Waals surface area contributed by atoms with Crippen LogP contribution in [-0.4, -0.2) is 76.6 Å². The second-order valence-electron chi connectivity index (χ2n) is 15.0. The largest absolute Gasteiger partial charge is 2.00 e. The maximum atomic E-state index is 12.8. The van der Waals surface area contributed by atoms with Gasteiger partial charge in [0, 0.05) is 92.8 Å². The van der Waals surface area contributed by atoms with Gasteiger partial charge in [-0.05, 0) is 33.4 Å². The second kappa shape index (κ2) is 20.9. The summed E-state index contributed by atoms with van der Waals surface area (Å²) in [4.78, 5) is 26.2. The molecular formula is C39H42N6O6Zn3. The van der Waals surface area contributed by atoms with Gasteiger partial charge in [0.15, 0.2) is 0 Å². The molecule has 0 radical (unpaired) electrons. The molecule has 0 N–H and O–H groups in total. The zero-order valence-electron chi connectivity index (χ0n) is 31.9. The minimum atomic E-state index is -0.693. The van der Waals surface area contributed by atoms with Crippen LogP contribution in [0.2, 0.25) is 0 Å². The Morgan fingerprint density at radius 1 is 0.315 bits per heavy atom. The van der Waals surface area contributed by atoms with Crippen LogP contribution in [0.3, 0.4) is 0 Å². The van der Waals surface area contributed by atoms with Gasteiger partial charge in [-0.1, -0.05) is 77.9 Å². The number of nitrogens with zero attached hydrogens (tertiary/aromatic N) is 6. The van der Waals surface area contributed by atoms with Crippen LogP contribution in [0.25, 0.3) is 0 Å². The number of hydrogen-bond acceptors (Lipinski definition) is 12. The molecule has 4 heterocycles. The van der Waals surface area contributed by atoms with E-state index in [0.717, 1.165) is 0 Å². The minimum Gasteiger partial charge on any atom is -0.872 e. The van der Waals surface area contributed by atoms with E-state index < -0.39 is 50.7 Å². The molecule has 15 heteroatoms. The Kier molecular flexibility index (Phi) is 18.7. The molecule has 0 aliphatic carbocycles. The summed E-state index contributed by atoms with van der Waals surface area (Å²) >= 11 is 0. The van der Waals surface area contributed by atoms with Crippen molar-refractivity contribution in [1.82, 2.24) is 0 Å². The average Bonchev–Trinajstić information content (AvgIpc) is 3.05. The smallest absolute Gasteiger partial charge is 0.872 e. The monoisotopic (exact) mass is 882 g/mol. The van der Waals surface area contributed by atoms with Crippen molar-refractivity contribution in [2.75, 3.05) is 39.3 Å². The molecular weight excluding hydrogens is 845 g/mol. The molecule has 0 atom stereocenters. The molecule has 270 valence electrons. The van der Waals surface area contributed by atoms with Crippen LogP contribution >= 0.6 is 0 Å². The van der Waals surface area contributed by atoms with Crippen LogP contribution in [0.15, 0.2) is 66.4 Å². The van der Waals surface area contributed by atoms with Crippen LogP contribution < -0.4 is 30.6 Å². The van der Waals surface area contributed by atoms with Crippen LogP contribution in [-0.2, 0) is 58.4 Å². The van der Waals surface area contributed by atoms with Gasteiger partial charge < -0.3 is 30.6 Å². The van der Waals surface area contributed by atoms with Crippen molar-refractivity contribution < 1.29 is 89.1 Å². The van der Waals surface area contributed by atoms with E-state index in [0.29, 0.717) is 0 Å². The third kappa shape index (κ3) is 13.6. The number of hydrogen-bond donors (Lipinski definition) is 0. The minimum absolute atomic E-state index is 0. The molecule has 0 unspecified atom stereocenters. The molecule has 4 aliphatic rings. The van der Waals surface area contributed by atoms with E-state index in [1.807, 2.05) is 41.5 Å². The topological polar surface area (TPSA) is 213 Å². The molecule has 0 aromatic heterocycles. The molecule has 6 bridgehead atoms. The molecule has 0 amide bonds. The van der Waals surface area contributed by atoms with Crippen molar-refractivity contribution in [2.45, 2.75) is 41.5 Å². The molecule has 0 spiro atoms. The normalized spacial score (nSPS) is 17.0. The predicted octanol–water partition coefficient (Wildman–Crippen LogP) is 2.13. The Morgan fingerprint density at radius 2 is 0.444 bits per heavy atom. The van der Waals surface area contributed by atoms with E-state index in [-0.39, 0.29) is 131 Å². The van der Waals surface area contributed by atoms with E-state index in [1.165, 1.54) is 73.7 Å². The van der Waals surface area contributed by atoms with Crippen LogP contribution in [0.1, 0.15) is 74.9 Å². The Hall–Kier alpha value is -3.65. The summed E-state index contributed by atoms with van der Waals surface area (Å²) in [7, 11) is 0. The van der Waals surface area contributed by atoms with Crippen molar-refractivity contribution in [1.29, 1.82) is 0 Å². The average molecular weight is 887 g/mol. The molecule has 3 aromatic carbocycles. The summed E-state index contributed by atoms with van der Waals surface area (Å²) in [6.45, 7) is 13.2. The van der Waals surface area contributed by atoms with E-state index in [1.54, 1.807) is 0 Å². The number of fused-ring (bicyclic) bond motifs is 3. The standard InChI is InChI=1S/C39H48N6O6.3Zn/c1-37(2)19-40-13-25-7-9-27(33(48)31(25)46)15-42-21-38(3,4)23-44-17-29-11-12-30(36(51)35(29)50)18-45-24-39(5,6)22-43-16-28-10-8-26(14-41-20-37)32(47)34(28)49;;;/h7-18,46-51H,19-24H2,1-6H3;;;/q;3*+2/p-6. The van der Waals surface area contributed by atoms with Crippen molar-refractivity contribution in [3.05, 3.63) is 69.8 Å². The maximum Gasteiger partial charge on any atom is 2.00 e. The molecule has 0 saturated carbocycles. The molecule has 54 heavy (non-hydrogen) atoms. The molecule has 12 nitrogen and oxygen atoms in total. The molecule has 3 aromatic rings. The van der Waals surface area contributed by atoms with E-state index >= 15 is 0 Å². The Balaban J connectivity index is 0.00000486. The van der Waals surface area contributed by atoms with Gasteiger partial charge in [0.05, 0.1) is 0 Å². The van der Waals surface area contributed by atoms with E-state index in [9.17, 15) is 30.6 Å². The fourth-order valence-electron chi connectivity index (χ4n) is 4.89. The van der Waals surface area contributed by atoms with Gasteiger partial charge >= 0.3 is 58.4 Å². The summed E-state index contributed by atoms with van der Waals surface area (Å²) in [5, 5.41) is 76.6. The molecule has 7 rings (SSSR count). The zero-order chi connectivity index (χ0) is 37.4. The van der Waals surface area contributed by atoms with Crippen LogP contribution in [0.5, 0.6) is 34.5 Å². The number of aliphatic imine (C=N–C) groups is 6. The first kappa shape index (κ1) is 48.4. The van der Waals surface area contributed by atoms with Gasteiger partial charge in [-0.15, -0.1) is 34.5 Å².